The maximum absolute atomic E-state index is 5.56. The summed E-state index contributed by atoms with van der Waals surface area (Å²) in [5.74, 6) is 0. The third-order valence-corrected chi connectivity index (χ3v) is 2.44. The first-order valence-electron chi connectivity index (χ1n) is 4.35. The van der Waals surface area contributed by atoms with Crippen LogP contribution in [0.2, 0.25) is 0 Å². The maximum Gasteiger partial charge on any atom is 0.0686 e. The lowest BCUT2D eigenvalue weighted by molar-refractivity contribution is 0.0708. The molecule has 0 aromatic carbocycles. The summed E-state index contributed by atoms with van der Waals surface area (Å²) in [6.07, 6.45) is 8.52. The second kappa shape index (κ2) is 2.82. The number of hydrogen-bond acceptors (Lipinski definition) is 1. The van der Waals surface area contributed by atoms with Crippen LogP contribution in [0.4, 0.5) is 0 Å². The van der Waals surface area contributed by atoms with Crippen molar-refractivity contribution in [2.45, 2.75) is 32.3 Å². The highest BCUT2D eigenvalue weighted by atomic mass is 16.5. The fourth-order valence-electron chi connectivity index (χ4n) is 1.75. The van der Waals surface area contributed by atoms with Crippen molar-refractivity contribution in [2.24, 2.45) is 0 Å². The molecular weight excluding hydrogens is 136 g/mol. The van der Waals surface area contributed by atoms with Gasteiger partial charge in [-0.2, -0.15) is 0 Å². The first-order chi connectivity index (χ1) is 5.36. The third-order valence-electron chi connectivity index (χ3n) is 2.44. The average molecular weight is 150 g/mol. The van der Waals surface area contributed by atoms with Crippen molar-refractivity contribution in [3.05, 3.63) is 23.3 Å². The molecule has 0 aromatic heterocycles. The van der Waals surface area contributed by atoms with E-state index in [-0.39, 0.29) is 0 Å². The molecule has 1 aliphatic carbocycles. The van der Waals surface area contributed by atoms with E-state index in [9.17, 15) is 0 Å². The smallest absolute Gasteiger partial charge is 0.0686 e. The monoisotopic (exact) mass is 150 g/mol. The van der Waals surface area contributed by atoms with Gasteiger partial charge in [-0.3, -0.25) is 0 Å². The Morgan fingerprint density at radius 3 is 3.36 bits per heavy atom. The molecule has 1 nitrogen and oxygen atoms in total. The van der Waals surface area contributed by atoms with Gasteiger partial charge in [0, 0.05) is 0 Å². The number of allylic oxidation sites excluding steroid dienone is 2. The van der Waals surface area contributed by atoms with Gasteiger partial charge in [0.2, 0.25) is 0 Å². The predicted molar refractivity (Wildman–Crippen MR) is 45.4 cm³/mol. The highest BCUT2D eigenvalue weighted by molar-refractivity contribution is 5.31. The van der Waals surface area contributed by atoms with Crippen LogP contribution in [0.3, 0.4) is 0 Å². The van der Waals surface area contributed by atoms with Gasteiger partial charge in [0.05, 0.1) is 12.7 Å². The van der Waals surface area contributed by atoms with Crippen LogP contribution in [0.25, 0.3) is 0 Å². The van der Waals surface area contributed by atoms with Gasteiger partial charge >= 0.3 is 0 Å². The second-order valence-electron chi connectivity index (χ2n) is 3.40. The predicted octanol–water partition coefficient (Wildman–Crippen LogP) is 2.44. The zero-order valence-corrected chi connectivity index (χ0v) is 6.97. The molecule has 0 saturated heterocycles. The molecular formula is C10H14O. The first-order valence-corrected chi connectivity index (χ1v) is 4.35. The lowest BCUT2D eigenvalue weighted by Crippen LogP contribution is -2.19. The molecule has 1 unspecified atom stereocenters. The summed E-state index contributed by atoms with van der Waals surface area (Å²) in [6.45, 7) is 3.02. The highest BCUT2D eigenvalue weighted by Gasteiger charge is 2.17. The summed E-state index contributed by atoms with van der Waals surface area (Å²) in [5, 5.41) is 0. The van der Waals surface area contributed by atoms with E-state index in [4.69, 9.17) is 4.74 Å². The van der Waals surface area contributed by atoms with Crippen molar-refractivity contribution in [3.63, 3.8) is 0 Å². The number of ether oxygens (including phenoxy) is 1. The Bertz CT molecular complexity index is 213. The molecule has 11 heavy (non-hydrogen) atoms. The molecule has 1 heterocycles. The van der Waals surface area contributed by atoms with Crippen LogP contribution in [-0.2, 0) is 4.74 Å². The van der Waals surface area contributed by atoms with Crippen molar-refractivity contribution in [3.8, 4) is 0 Å². The molecule has 0 bridgehead atoms. The van der Waals surface area contributed by atoms with Crippen molar-refractivity contribution >= 4 is 0 Å². The van der Waals surface area contributed by atoms with Crippen LogP contribution in [0.5, 0.6) is 0 Å². The standard InChI is InChI=1S/C10H14O/c1-8-6-9-4-2-3-5-10(9)7-11-8/h2,4,8H,3,5-7H2,1H3. The Kier molecular flexibility index (Phi) is 1.82. The van der Waals surface area contributed by atoms with E-state index in [2.05, 4.69) is 19.1 Å². The molecule has 1 aliphatic heterocycles. The molecule has 0 radical (unpaired) electrons. The average Bonchev–Trinajstić information content (AvgIpc) is 2.04. The Morgan fingerprint density at radius 1 is 1.55 bits per heavy atom. The Hall–Kier alpha value is -0.560. The van der Waals surface area contributed by atoms with Crippen LogP contribution in [-0.4, -0.2) is 12.7 Å². The Labute approximate surface area is 67.7 Å². The molecule has 1 atom stereocenters. The van der Waals surface area contributed by atoms with E-state index in [0.717, 1.165) is 13.0 Å². The highest BCUT2D eigenvalue weighted by Crippen LogP contribution is 2.27. The largest absolute Gasteiger partial charge is 0.374 e. The molecule has 0 saturated carbocycles. The van der Waals surface area contributed by atoms with E-state index < -0.39 is 0 Å². The van der Waals surface area contributed by atoms with E-state index in [1.165, 1.54) is 24.0 Å². The SMILES string of the molecule is CC1CC2=C(CCC=C2)CO1. The van der Waals surface area contributed by atoms with Crippen LogP contribution in [0.15, 0.2) is 23.3 Å². The number of hydrogen-bond donors (Lipinski definition) is 0. The maximum atomic E-state index is 5.56. The van der Waals surface area contributed by atoms with E-state index in [1.807, 2.05) is 0 Å². The van der Waals surface area contributed by atoms with E-state index in [1.54, 1.807) is 0 Å². The van der Waals surface area contributed by atoms with E-state index >= 15 is 0 Å². The van der Waals surface area contributed by atoms with Gasteiger partial charge < -0.3 is 4.74 Å². The van der Waals surface area contributed by atoms with Gasteiger partial charge in [-0.05, 0) is 37.3 Å². The minimum atomic E-state index is 0.427. The second-order valence-corrected chi connectivity index (χ2v) is 3.40. The zero-order valence-electron chi connectivity index (χ0n) is 6.97. The topological polar surface area (TPSA) is 9.23 Å². The van der Waals surface area contributed by atoms with Gasteiger partial charge in [0.25, 0.3) is 0 Å². The summed E-state index contributed by atoms with van der Waals surface area (Å²) in [4.78, 5) is 0. The summed E-state index contributed by atoms with van der Waals surface area (Å²) < 4.78 is 5.56. The van der Waals surface area contributed by atoms with Crippen LogP contribution in [0, 0.1) is 0 Å². The zero-order chi connectivity index (χ0) is 7.68. The molecule has 0 amide bonds. The van der Waals surface area contributed by atoms with Crippen LogP contribution < -0.4 is 0 Å². The Morgan fingerprint density at radius 2 is 2.45 bits per heavy atom. The lowest BCUT2D eigenvalue weighted by Gasteiger charge is -2.25. The quantitative estimate of drug-likeness (QED) is 0.515. The van der Waals surface area contributed by atoms with Gasteiger partial charge in [0.1, 0.15) is 0 Å². The fourth-order valence-corrected chi connectivity index (χ4v) is 1.75. The fraction of sp³-hybridized carbons (Fsp3) is 0.600. The number of rotatable bonds is 0. The summed E-state index contributed by atoms with van der Waals surface area (Å²) in [7, 11) is 0. The van der Waals surface area contributed by atoms with Gasteiger partial charge in [0.15, 0.2) is 0 Å². The van der Waals surface area contributed by atoms with Crippen molar-refractivity contribution in [1.82, 2.24) is 0 Å². The molecule has 2 rings (SSSR count). The summed E-state index contributed by atoms with van der Waals surface area (Å²) in [5.41, 5.74) is 3.07. The van der Waals surface area contributed by atoms with Gasteiger partial charge in [-0.25, -0.2) is 0 Å². The molecule has 0 spiro atoms. The van der Waals surface area contributed by atoms with Crippen LogP contribution >= 0.6 is 0 Å². The minimum Gasteiger partial charge on any atom is -0.374 e. The molecule has 0 aromatic rings. The minimum absolute atomic E-state index is 0.427. The molecule has 0 N–H and O–H groups in total. The molecule has 60 valence electrons. The van der Waals surface area contributed by atoms with E-state index in [0.29, 0.717) is 6.10 Å². The van der Waals surface area contributed by atoms with Crippen molar-refractivity contribution < 1.29 is 4.74 Å². The van der Waals surface area contributed by atoms with Gasteiger partial charge in [-0.15, -0.1) is 0 Å². The third kappa shape index (κ3) is 1.38. The molecule has 0 fully saturated rings. The molecule has 1 heteroatoms. The normalized spacial score (nSPS) is 30.5. The summed E-state index contributed by atoms with van der Waals surface area (Å²) >= 11 is 0. The van der Waals surface area contributed by atoms with Crippen molar-refractivity contribution in [2.75, 3.05) is 6.61 Å². The van der Waals surface area contributed by atoms with Gasteiger partial charge in [-0.1, -0.05) is 12.2 Å². The van der Waals surface area contributed by atoms with Crippen molar-refractivity contribution in [1.29, 1.82) is 0 Å². The molecule has 2 aliphatic rings. The summed E-state index contributed by atoms with van der Waals surface area (Å²) in [6, 6.07) is 0. The first kappa shape index (κ1) is 7.11. The van der Waals surface area contributed by atoms with Crippen LogP contribution in [0.1, 0.15) is 26.2 Å². The lowest BCUT2D eigenvalue weighted by atomic mass is 9.92. The Balaban J connectivity index is 2.19.